The van der Waals surface area contributed by atoms with Crippen molar-refractivity contribution in [1.82, 2.24) is 20.9 Å². The Kier molecular flexibility index (Phi) is 12.9. The summed E-state index contributed by atoms with van der Waals surface area (Å²) >= 11 is 0. The van der Waals surface area contributed by atoms with Crippen LogP contribution >= 0.6 is 0 Å². The van der Waals surface area contributed by atoms with Gasteiger partial charge in [0.2, 0.25) is 0 Å². The standard InChI is InChI=1S/C21H45N5O3/c1-10-21(11-2,25-19(27)29-20(4,5)6)16-24-18(22-7)23-15-17(28-12-3)13-14-26(8)9/h17H,10-16H2,1-9H3,(H,25,27)(H2,22,23,24). The Balaban J connectivity index is 4.80. The number of carbonyl (C=O) groups excluding carboxylic acids is 1. The number of guanidine groups is 1. The van der Waals surface area contributed by atoms with E-state index < -0.39 is 17.2 Å². The lowest BCUT2D eigenvalue weighted by Crippen LogP contribution is -2.57. The summed E-state index contributed by atoms with van der Waals surface area (Å²) in [5.74, 6) is 0.691. The van der Waals surface area contributed by atoms with Gasteiger partial charge in [-0.05, 0) is 61.1 Å². The van der Waals surface area contributed by atoms with Crippen LogP contribution in [0.4, 0.5) is 4.79 Å². The first-order chi connectivity index (χ1) is 13.5. The monoisotopic (exact) mass is 415 g/mol. The summed E-state index contributed by atoms with van der Waals surface area (Å²) in [4.78, 5) is 18.8. The van der Waals surface area contributed by atoms with Crippen molar-refractivity contribution in [2.75, 3.05) is 47.4 Å². The van der Waals surface area contributed by atoms with Gasteiger partial charge in [-0.2, -0.15) is 0 Å². The van der Waals surface area contributed by atoms with Crippen molar-refractivity contribution in [2.45, 2.75) is 78.0 Å². The van der Waals surface area contributed by atoms with Crippen LogP contribution in [0.15, 0.2) is 4.99 Å². The Morgan fingerprint density at radius 2 is 1.72 bits per heavy atom. The van der Waals surface area contributed by atoms with E-state index >= 15 is 0 Å². The van der Waals surface area contributed by atoms with Gasteiger partial charge >= 0.3 is 6.09 Å². The van der Waals surface area contributed by atoms with Crippen LogP contribution in [0.25, 0.3) is 0 Å². The van der Waals surface area contributed by atoms with Gasteiger partial charge in [0.05, 0.1) is 11.6 Å². The molecule has 0 aliphatic heterocycles. The second-order valence-electron chi connectivity index (χ2n) is 8.59. The molecule has 0 aromatic rings. The number of rotatable bonds is 12. The van der Waals surface area contributed by atoms with E-state index in [1.54, 1.807) is 7.05 Å². The van der Waals surface area contributed by atoms with Gasteiger partial charge in [-0.1, -0.05) is 13.8 Å². The topological polar surface area (TPSA) is 87.2 Å². The third-order valence-corrected chi connectivity index (χ3v) is 4.74. The van der Waals surface area contributed by atoms with E-state index in [1.807, 2.05) is 27.7 Å². The smallest absolute Gasteiger partial charge is 0.408 e. The van der Waals surface area contributed by atoms with Crippen molar-refractivity contribution in [3.63, 3.8) is 0 Å². The quantitative estimate of drug-likeness (QED) is 0.335. The molecule has 0 fully saturated rings. The Bertz CT molecular complexity index is 485. The zero-order valence-electron chi connectivity index (χ0n) is 20.1. The van der Waals surface area contributed by atoms with Crippen LogP contribution in [-0.2, 0) is 9.47 Å². The number of amides is 1. The second-order valence-corrected chi connectivity index (χ2v) is 8.59. The molecule has 0 aromatic carbocycles. The van der Waals surface area contributed by atoms with Crippen LogP contribution in [0.5, 0.6) is 0 Å². The molecule has 0 aliphatic rings. The van der Waals surface area contributed by atoms with Crippen molar-refractivity contribution in [2.24, 2.45) is 4.99 Å². The molecular weight excluding hydrogens is 370 g/mol. The third-order valence-electron chi connectivity index (χ3n) is 4.74. The molecule has 172 valence electrons. The Labute approximate surface area is 178 Å². The highest BCUT2D eigenvalue weighted by Crippen LogP contribution is 2.16. The van der Waals surface area contributed by atoms with E-state index in [-0.39, 0.29) is 6.10 Å². The van der Waals surface area contributed by atoms with Gasteiger partial charge in [-0.25, -0.2) is 4.79 Å². The number of carbonyl (C=O) groups is 1. The van der Waals surface area contributed by atoms with Crippen molar-refractivity contribution in [3.8, 4) is 0 Å². The molecule has 0 saturated carbocycles. The highest BCUT2D eigenvalue weighted by molar-refractivity contribution is 5.79. The first-order valence-electron chi connectivity index (χ1n) is 10.7. The fraction of sp³-hybridized carbons (Fsp3) is 0.905. The average molecular weight is 416 g/mol. The summed E-state index contributed by atoms with van der Waals surface area (Å²) in [6.45, 7) is 14.6. The van der Waals surface area contributed by atoms with Crippen molar-refractivity contribution < 1.29 is 14.3 Å². The first-order valence-corrected chi connectivity index (χ1v) is 10.7. The molecule has 1 amide bonds. The minimum Gasteiger partial charge on any atom is -0.444 e. The van der Waals surface area contributed by atoms with Gasteiger partial charge in [-0.15, -0.1) is 0 Å². The van der Waals surface area contributed by atoms with Crippen LogP contribution < -0.4 is 16.0 Å². The number of hydrogen-bond acceptors (Lipinski definition) is 5. The van der Waals surface area contributed by atoms with Crippen LogP contribution in [-0.4, -0.2) is 81.6 Å². The zero-order chi connectivity index (χ0) is 22.5. The molecule has 0 spiro atoms. The number of hydrogen-bond donors (Lipinski definition) is 3. The molecule has 0 saturated heterocycles. The third kappa shape index (κ3) is 12.6. The van der Waals surface area contributed by atoms with Crippen LogP contribution in [0, 0.1) is 0 Å². The highest BCUT2D eigenvalue weighted by Gasteiger charge is 2.30. The summed E-state index contributed by atoms with van der Waals surface area (Å²) in [6.07, 6.45) is 2.21. The first kappa shape index (κ1) is 27.5. The Morgan fingerprint density at radius 1 is 1.10 bits per heavy atom. The molecule has 0 bridgehead atoms. The van der Waals surface area contributed by atoms with Crippen molar-refractivity contribution in [3.05, 3.63) is 0 Å². The van der Waals surface area contributed by atoms with E-state index in [1.165, 1.54) is 0 Å². The summed E-state index contributed by atoms with van der Waals surface area (Å²) in [5, 5.41) is 9.73. The lowest BCUT2D eigenvalue weighted by molar-refractivity contribution is 0.0448. The van der Waals surface area contributed by atoms with Crippen LogP contribution in [0.3, 0.4) is 0 Å². The maximum absolute atomic E-state index is 12.3. The van der Waals surface area contributed by atoms with E-state index in [9.17, 15) is 4.79 Å². The summed E-state index contributed by atoms with van der Waals surface area (Å²) < 4.78 is 11.3. The molecule has 29 heavy (non-hydrogen) atoms. The Hall–Kier alpha value is -1.54. The highest BCUT2D eigenvalue weighted by atomic mass is 16.6. The minimum absolute atomic E-state index is 0.114. The summed E-state index contributed by atoms with van der Waals surface area (Å²) in [6, 6.07) is 0. The van der Waals surface area contributed by atoms with E-state index in [4.69, 9.17) is 9.47 Å². The fourth-order valence-corrected chi connectivity index (χ4v) is 2.81. The van der Waals surface area contributed by atoms with Crippen molar-refractivity contribution >= 4 is 12.1 Å². The van der Waals surface area contributed by atoms with Gasteiger partial charge in [0, 0.05) is 33.3 Å². The fourth-order valence-electron chi connectivity index (χ4n) is 2.81. The molecule has 0 rings (SSSR count). The summed E-state index contributed by atoms with van der Waals surface area (Å²) in [5.41, 5.74) is -0.937. The van der Waals surface area contributed by atoms with Crippen LogP contribution in [0.1, 0.15) is 60.8 Å². The molecule has 8 nitrogen and oxygen atoms in total. The normalized spacial score (nSPS) is 13.9. The number of aliphatic imine (C=N–C) groups is 1. The molecular formula is C21H45N5O3. The number of nitrogens with zero attached hydrogens (tertiary/aromatic N) is 2. The molecule has 0 aliphatic carbocycles. The molecule has 8 heteroatoms. The maximum atomic E-state index is 12.3. The average Bonchev–Trinajstić information content (AvgIpc) is 2.63. The lowest BCUT2D eigenvalue weighted by atomic mass is 9.93. The van der Waals surface area contributed by atoms with Gasteiger partial charge in [-0.3, -0.25) is 4.99 Å². The Morgan fingerprint density at radius 3 is 2.17 bits per heavy atom. The molecule has 0 aromatic heterocycles. The lowest BCUT2D eigenvalue weighted by Gasteiger charge is -2.34. The predicted octanol–water partition coefficient (Wildman–Crippen LogP) is 2.59. The molecule has 1 unspecified atom stereocenters. The second kappa shape index (κ2) is 13.6. The number of ether oxygens (including phenoxy) is 2. The molecule has 3 N–H and O–H groups in total. The van der Waals surface area contributed by atoms with E-state index in [2.05, 4.69) is 53.8 Å². The van der Waals surface area contributed by atoms with E-state index in [0.717, 1.165) is 25.8 Å². The number of alkyl carbamates (subject to hydrolysis) is 1. The molecule has 0 heterocycles. The summed E-state index contributed by atoms with van der Waals surface area (Å²) in [7, 11) is 5.86. The van der Waals surface area contributed by atoms with Gasteiger partial charge in [0.15, 0.2) is 5.96 Å². The number of nitrogens with one attached hydrogen (secondary N) is 3. The van der Waals surface area contributed by atoms with Gasteiger partial charge in [0.1, 0.15) is 5.60 Å². The van der Waals surface area contributed by atoms with Gasteiger partial charge < -0.3 is 30.3 Å². The maximum Gasteiger partial charge on any atom is 0.408 e. The SMILES string of the molecule is CCOC(CCN(C)C)CNC(=NC)NCC(CC)(CC)NC(=O)OC(C)(C)C. The van der Waals surface area contributed by atoms with Crippen LogP contribution in [0.2, 0.25) is 0 Å². The molecule has 0 radical (unpaired) electrons. The zero-order valence-corrected chi connectivity index (χ0v) is 20.1. The minimum atomic E-state index is -0.525. The predicted molar refractivity (Wildman–Crippen MR) is 121 cm³/mol. The largest absolute Gasteiger partial charge is 0.444 e. The van der Waals surface area contributed by atoms with Crippen molar-refractivity contribution in [1.29, 1.82) is 0 Å². The molecule has 1 atom stereocenters. The van der Waals surface area contributed by atoms with Gasteiger partial charge in [0.25, 0.3) is 0 Å². The van der Waals surface area contributed by atoms with E-state index in [0.29, 0.717) is 25.7 Å².